The van der Waals surface area contributed by atoms with Crippen molar-refractivity contribution in [2.24, 2.45) is 0 Å². The Kier molecular flexibility index (Phi) is 4.36. The first-order valence-electron chi connectivity index (χ1n) is 5.64. The molecule has 0 radical (unpaired) electrons. The summed E-state index contributed by atoms with van der Waals surface area (Å²) >= 11 is 3.37. The van der Waals surface area contributed by atoms with E-state index in [-0.39, 0.29) is 5.91 Å². The Hall–Kier alpha value is -2.07. The summed E-state index contributed by atoms with van der Waals surface area (Å²) in [5, 5.41) is 2.67. The normalized spacial score (nSPS) is 9.74. The fraction of sp³-hybridized carbons (Fsp3) is 0. The van der Waals surface area contributed by atoms with Crippen LogP contribution in [0.15, 0.2) is 65.7 Å². The molecule has 0 aliphatic heterocycles. The third kappa shape index (κ3) is 3.96. The number of amides is 1. The molecule has 96 valence electrons. The van der Waals surface area contributed by atoms with Crippen LogP contribution in [0.25, 0.3) is 0 Å². The first kappa shape index (κ1) is 13.4. The molecule has 2 aromatic carbocycles. The molecule has 2 rings (SSSR count). The lowest BCUT2D eigenvalue weighted by Crippen LogP contribution is -2.06. The first-order chi connectivity index (χ1) is 9.17. The summed E-state index contributed by atoms with van der Waals surface area (Å²) in [5.74, 6) is 1.23. The van der Waals surface area contributed by atoms with Crippen LogP contribution in [0, 0.1) is 0 Å². The summed E-state index contributed by atoms with van der Waals surface area (Å²) in [4.78, 5) is 11.1. The van der Waals surface area contributed by atoms with E-state index in [2.05, 4.69) is 27.8 Å². The quantitative estimate of drug-likeness (QED) is 0.850. The maximum atomic E-state index is 11.1. The predicted octanol–water partition coefficient (Wildman–Crippen LogP) is 4.37. The molecule has 0 aliphatic carbocycles. The van der Waals surface area contributed by atoms with Gasteiger partial charge < -0.3 is 10.1 Å². The van der Waals surface area contributed by atoms with Crippen molar-refractivity contribution in [3.63, 3.8) is 0 Å². The summed E-state index contributed by atoms with van der Waals surface area (Å²) in [6, 6.07) is 14.7. The van der Waals surface area contributed by atoms with E-state index in [9.17, 15) is 4.79 Å². The highest BCUT2D eigenvalue weighted by Crippen LogP contribution is 2.24. The molecule has 1 amide bonds. The molecule has 1 N–H and O–H groups in total. The zero-order valence-corrected chi connectivity index (χ0v) is 11.7. The van der Waals surface area contributed by atoms with Crippen molar-refractivity contribution in [2.45, 2.75) is 0 Å². The summed E-state index contributed by atoms with van der Waals surface area (Å²) in [5.41, 5.74) is 0.702. The zero-order chi connectivity index (χ0) is 13.7. The van der Waals surface area contributed by atoms with Crippen molar-refractivity contribution in [3.8, 4) is 11.5 Å². The van der Waals surface area contributed by atoms with E-state index in [4.69, 9.17) is 4.74 Å². The van der Waals surface area contributed by atoms with Crippen molar-refractivity contribution in [3.05, 3.63) is 65.7 Å². The van der Waals surface area contributed by atoms with Gasteiger partial charge in [-0.1, -0.05) is 22.5 Å². The standard InChI is InChI=1S/C15H12BrNO2/c1-2-15(18)17-12-5-9-14(10-6-12)19-13-7-3-11(16)4-8-13/h2-10H,1H2,(H,17,18). The largest absolute Gasteiger partial charge is 0.457 e. The topological polar surface area (TPSA) is 38.3 Å². The van der Waals surface area contributed by atoms with Crippen LogP contribution in [0.2, 0.25) is 0 Å². The molecule has 2 aromatic rings. The summed E-state index contributed by atoms with van der Waals surface area (Å²) in [7, 11) is 0. The smallest absolute Gasteiger partial charge is 0.247 e. The predicted molar refractivity (Wildman–Crippen MR) is 79.5 cm³/mol. The van der Waals surface area contributed by atoms with Crippen LogP contribution in [-0.2, 0) is 4.79 Å². The lowest BCUT2D eigenvalue weighted by molar-refractivity contribution is -0.111. The van der Waals surface area contributed by atoms with Gasteiger partial charge >= 0.3 is 0 Å². The van der Waals surface area contributed by atoms with Crippen molar-refractivity contribution in [1.29, 1.82) is 0 Å². The Morgan fingerprint density at radius 2 is 1.58 bits per heavy atom. The molecule has 3 nitrogen and oxygen atoms in total. The lowest BCUT2D eigenvalue weighted by Gasteiger charge is -2.07. The fourth-order valence-electron chi connectivity index (χ4n) is 1.44. The van der Waals surface area contributed by atoms with Gasteiger partial charge in [0.15, 0.2) is 0 Å². The molecule has 0 saturated heterocycles. The van der Waals surface area contributed by atoms with Crippen molar-refractivity contribution >= 4 is 27.5 Å². The zero-order valence-electron chi connectivity index (χ0n) is 10.1. The van der Waals surface area contributed by atoms with Crippen LogP contribution >= 0.6 is 15.9 Å². The molecule has 0 heterocycles. The van der Waals surface area contributed by atoms with Crippen LogP contribution < -0.4 is 10.1 Å². The number of hydrogen-bond acceptors (Lipinski definition) is 2. The van der Waals surface area contributed by atoms with Gasteiger partial charge in [-0.15, -0.1) is 0 Å². The van der Waals surface area contributed by atoms with Gasteiger partial charge in [0.05, 0.1) is 0 Å². The van der Waals surface area contributed by atoms with Crippen LogP contribution in [0.1, 0.15) is 0 Å². The number of halogens is 1. The molecular formula is C15H12BrNO2. The molecule has 0 unspecified atom stereocenters. The number of rotatable bonds is 4. The molecule has 0 aromatic heterocycles. The Labute approximate surface area is 120 Å². The number of hydrogen-bond donors (Lipinski definition) is 1. The van der Waals surface area contributed by atoms with E-state index in [0.29, 0.717) is 11.4 Å². The Morgan fingerprint density at radius 3 is 2.11 bits per heavy atom. The van der Waals surface area contributed by atoms with Crippen molar-refractivity contribution < 1.29 is 9.53 Å². The van der Waals surface area contributed by atoms with Crippen LogP contribution in [0.5, 0.6) is 11.5 Å². The minimum Gasteiger partial charge on any atom is -0.457 e. The second kappa shape index (κ2) is 6.20. The van der Waals surface area contributed by atoms with Gasteiger partial charge in [0.2, 0.25) is 5.91 Å². The van der Waals surface area contributed by atoms with Gasteiger partial charge in [-0.05, 0) is 54.6 Å². The molecule has 0 spiro atoms. The summed E-state index contributed by atoms with van der Waals surface area (Å²) < 4.78 is 6.67. The summed E-state index contributed by atoms with van der Waals surface area (Å²) in [6.07, 6.45) is 1.23. The number of benzene rings is 2. The highest BCUT2D eigenvalue weighted by molar-refractivity contribution is 9.10. The minimum absolute atomic E-state index is 0.235. The molecule has 0 saturated carbocycles. The molecule has 0 aliphatic rings. The molecule has 0 atom stereocenters. The SMILES string of the molecule is C=CC(=O)Nc1ccc(Oc2ccc(Br)cc2)cc1. The minimum atomic E-state index is -0.235. The summed E-state index contributed by atoms with van der Waals surface area (Å²) in [6.45, 7) is 3.40. The van der Waals surface area contributed by atoms with Gasteiger partial charge in [0.1, 0.15) is 11.5 Å². The average molecular weight is 318 g/mol. The van der Waals surface area contributed by atoms with Crippen molar-refractivity contribution in [2.75, 3.05) is 5.32 Å². The number of carbonyl (C=O) groups excluding carboxylic acids is 1. The Bertz CT molecular complexity index is 576. The van der Waals surface area contributed by atoms with Crippen molar-refractivity contribution in [1.82, 2.24) is 0 Å². The molecule has 0 bridgehead atoms. The molecule has 19 heavy (non-hydrogen) atoms. The van der Waals surface area contributed by atoms with Gasteiger partial charge in [-0.2, -0.15) is 0 Å². The molecule has 4 heteroatoms. The van der Waals surface area contributed by atoms with E-state index in [1.807, 2.05) is 24.3 Å². The third-order valence-corrected chi connectivity index (χ3v) is 2.89. The van der Waals surface area contributed by atoms with Crippen LogP contribution in [-0.4, -0.2) is 5.91 Å². The maximum absolute atomic E-state index is 11.1. The highest BCUT2D eigenvalue weighted by atomic mass is 79.9. The van der Waals surface area contributed by atoms with E-state index in [1.54, 1.807) is 24.3 Å². The monoisotopic (exact) mass is 317 g/mol. The number of carbonyl (C=O) groups is 1. The van der Waals surface area contributed by atoms with Gasteiger partial charge in [-0.3, -0.25) is 4.79 Å². The number of ether oxygens (including phenoxy) is 1. The highest BCUT2D eigenvalue weighted by Gasteiger charge is 1.99. The van der Waals surface area contributed by atoms with E-state index in [1.165, 1.54) is 6.08 Å². The molecule has 0 fully saturated rings. The first-order valence-corrected chi connectivity index (χ1v) is 6.43. The second-order valence-electron chi connectivity index (χ2n) is 3.77. The lowest BCUT2D eigenvalue weighted by atomic mass is 10.3. The van der Waals surface area contributed by atoms with Gasteiger partial charge in [0.25, 0.3) is 0 Å². The Balaban J connectivity index is 2.04. The fourth-order valence-corrected chi connectivity index (χ4v) is 1.70. The second-order valence-corrected chi connectivity index (χ2v) is 4.69. The van der Waals surface area contributed by atoms with E-state index in [0.717, 1.165) is 10.2 Å². The maximum Gasteiger partial charge on any atom is 0.247 e. The number of anilines is 1. The van der Waals surface area contributed by atoms with E-state index < -0.39 is 0 Å². The molecular weight excluding hydrogens is 306 g/mol. The average Bonchev–Trinajstić information content (AvgIpc) is 2.43. The van der Waals surface area contributed by atoms with Crippen LogP contribution in [0.4, 0.5) is 5.69 Å². The van der Waals surface area contributed by atoms with Gasteiger partial charge in [-0.25, -0.2) is 0 Å². The Morgan fingerprint density at radius 1 is 1.05 bits per heavy atom. The number of nitrogens with one attached hydrogen (secondary N) is 1. The van der Waals surface area contributed by atoms with Crippen LogP contribution in [0.3, 0.4) is 0 Å². The third-order valence-electron chi connectivity index (χ3n) is 2.36. The van der Waals surface area contributed by atoms with Gasteiger partial charge in [0, 0.05) is 10.2 Å². The van der Waals surface area contributed by atoms with E-state index >= 15 is 0 Å².